The van der Waals surface area contributed by atoms with E-state index in [1.165, 1.54) is 18.2 Å². The summed E-state index contributed by atoms with van der Waals surface area (Å²) in [5, 5.41) is 22.5. The Hall–Kier alpha value is -1.13. The van der Waals surface area contributed by atoms with Gasteiger partial charge in [-0.1, -0.05) is 0 Å². The first-order chi connectivity index (χ1) is 7.12. The quantitative estimate of drug-likeness (QED) is 0.652. The maximum Gasteiger partial charge on any atom is 0.129 e. The number of aliphatic hydroxyl groups is 1. The van der Waals surface area contributed by atoms with Gasteiger partial charge in [-0.05, 0) is 37.6 Å². The van der Waals surface area contributed by atoms with E-state index in [0.717, 1.165) is 13.0 Å². The fourth-order valence-corrected chi connectivity index (χ4v) is 1.99. The number of aromatic hydroxyl groups is 1. The highest BCUT2D eigenvalue weighted by atomic mass is 19.1. The van der Waals surface area contributed by atoms with Crippen molar-refractivity contribution < 1.29 is 14.6 Å². The summed E-state index contributed by atoms with van der Waals surface area (Å²) in [5.41, 5.74) is -1.02. The van der Waals surface area contributed by atoms with Gasteiger partial charge in [-0.25, -0.2) is 4.39 Å². The Balaban J connectivity index is 2.38. The summed E-state index contributed by atoms with van der Waals surface area (Å²) < 4.78 is 13.5. The van der Waals surface area contributed by atoms with E-state index < -0.39 is 11.4 Å². The third-order valence-electron chi connectivity index (χ3n) is 2.81. The maximum atomic E-state index is 13.5. The van der Waals surface area contributed by atoms with Crippen molar-refractivity contribution in [3.8, 4) is 5.75 Å². The topological polar surface area (TPSA) is 52.5 Å². The Morgan fingerprint density at radius 1 is 1.40 bits per heavy atom. The van der Waals surface area contributed by atoms with Crippen molar-refractivity contribution in [3.63, 3.8) is 0 Å². The van der Waals surface area contributed by atoms with Gasteiger partial charge in [0.15, 0.2) is 0 Å². The molecule has 0 aliphatic carbocycles. The standard InChI is InChI=1S/C11H14FNO2/c12-10-3-2-8(14)6-9(10)11(15)4-1-5-13-7-11/h2-3,6,13-15H,1,4-5,7H2. The number of phenolic OH excluding ortho intramolecular Hbond substituents is 1. The number of hydrogen-bond donors (Lipinski definition) is 3. The summed E-state index contributed by atoms with van der Waals surface area (Å²) in [5.74, 6) is -0.496. The minimum Gasteiger partial charge on any atom is -0.508 e. The largest absolute Gasteiger partial charge is 0.508 e. The molecular weight excluding hydrogens is 197 g/mol. The Bertz CT molecular complexity index is 362. The molecule has 1 aliphatic rings. The minimum atomic E-state index is -1.19. The highest BCUT2D eigenvalue weighted by Crippen LogP contribution is 2.32. The minimum absolute atomic E-state index is 0.0228. The molecule has 15 heavy (non-hydrogen) atoms. The van der Waals surface area contributed by atoms with Crippen LogP contribution in [0.4, 0.5) is 4.39 Å². The summed E-state index contributed by atoms with van der Waals surface area (Å²) in [4.78, 5) is 0. The van der Waals surface area contributed by atoms with Gasteiger partial charge < -0.3 is 15.5 Å². The molecule has 1 heterocycles. The lowest BCUT2D eigenvalue weighted by molar-refractivity contribution is 0.00889. The van der Waals surface area contributed by atoms with E-state index in [9.17, 15) is 14.6 Å². The summed E-state index contributed by atoms with van der Waals surface area (Å²) in [7, 11) is 0. The summed E-state index contributed by atoms with van der Waals surface area (Å²) in [6.07, 6.45) is 1.31. The molecule has 1 atom stereocenters. The lowest BCUT2D eigenvalue weighted by atomic mass is 9.86. The Labute approximate surface area is 87.6 Å². The molecule has 1 unspecified atom stereocenters. The van der Waals surface area contributed by atoms with E-state index in [2.05, 4.69) is 5.32 Å². The zero-order chi connectivity index (χ0) is 10.9. The number of rotatable bonds is 1. The van der Waals surface area contributed by atoms with Gasteiger partial charge in [0.1, 0.15) is 17.2 Å². The zero-order valence-electron chi connectivity index (χ0n) is 8.33. The predicted octanol–water partition coefficient (Wildman–Crippen LogP) is 1.10. The van der Waals surface area contributed by atoms with Crippen LogP contribution in [0.25, 0.3) is 0 Å². The van der Waals surface area contributed by atoms with Gasteiger partial charge >= 0.3 is 0 Å². The van der Waals surface area contributed by atoms with Crippen molar-refractivity contribution in [3.05, 3.63) is 29.6 Å². The van der Waals surface area contributed by atoms with E-state index in [4.69, 9.17) is 0 Å². The Kier molecular flexibility index (Phi) is 2.63. The van der Waals surface area contributed by atoms with Crippen LogP contribution in [0.5, 0.6) is 5.75 Å². The normalized spacial score (nSPS) is 26.5. The summed E-state index contributed by atoms with van der Waals surface area (Å²) in [6, 6.07) is 3.75. The van der Waals surface area contributed by atoms with Crippen molar-refractivity contribution in [2.24, 2.45) is 0 Å². The highest BCUT2D eigenvalue weighted by molar-refractivity contribution is 5.33. The molecule has 2 rings (SSSR count). The van der Waals surface area contributed by atoms with Crippen LogP contribution in [-0.2, 0) is 5.60 Å². The van der Waals surface area contributed by atoms with E-state index in [1.807, 2.05) is 0 Å². The second kappa shape index (κ2) is 3.79. The molecule has 0 spiro atoms. The van der Waals surface area contributed by atoms with E-state index in [1.54, 1.807) is 0 Å². The molecule has 1 saturated heterocycles. The third-order valence-corrected chi connectivity index (χ3v) is 2.81. The fraction of sp³-hybridized carbons (Fsp3) is 0.455. The van der Waals surface area contributed by atoms with Gasteiger partial charge in [0.05, 0.1) is 0 Å². The van der Waals surface area contributed by atoms with Crippen LogP contribution in [-0.4, -0.2) is 23.3 Å². The first-order valence-electron chi connectivity index (χ1n) is 5.04. The number of piperidine rings is 1. The molecule has 1 aliphatic heterocycles. The van der Waals surface area contributed by atoms with Crippen LogP contribution >= 0.6 is 0 Å². The van der Waals surface area contributed by atoms with Crippen molar-refractivity contribution in [2.75, 3.05) is 13.1 Å². The monoisotopic (exact) mass is 211 g/mol. The lowest BCUT2D eigenvalue weighted by Crippen LogP contribution is -2.43. The first-order valence-corrected chi connectivity index (χ1v) is 5.04. The number of halogens is 1. The molecule has 1 aromatic carbocycles. The van der Waals surface area contributed by atoms with Crippen molar-refractivity contribution in [1.29, 1.82) is 0 Å². The number of hydrogen-bond acceptors (Lipinski definition) is 3. The molecule has 0 amide bonds. The second-order valence-electron chi connectivity index (χ2n) is 3.98. The number of phenols is 1. The van der Waals surface area contributed by atoms with Gasteiger partial charge in [-0.2, -0.15) is 0 Å². The zero-order valence-corrected chi connectivity index (χ0v) is 8.33. The van der Waals surface area contributed by atoms with Crippen LogP contribution in [0.2, 0.25) is 0 Å². The summed E-state index contributed by atoms with van der Waals surface area (Å²) >= 11 is 0. The van der Waals surface area contributed by atoms with Crippen LogP contribution in [0.15, 0.2) is 18.2 Å². The first kappa shape index (κ1) is 10.4. The third kappa shape index (κ3) is 1.96. The molecule has 4 heteroatoms. The SMILES string of the molecule is Oc1ccc(F)c(C2(O)CCCNC2)c1. The van der Waals surface area contributed by atoms with Gasteiger partial charge in [-0.3, -0.25) is 0 Å². The summed E-state index contributed by atoms with van der Waals surface area (Å²) in [6.45, 7) is 1.16. The lowest BCUT2D eigenvalue weighted by Gasteiger charge is -2.33. The van der Waals surface area contributed by atoms with E-state index >= 15 is 0 Å². The van der Waals surface area contributed by atoms with Crippen LogP contribution in [0.1, 0.15) is 18.4 Å². The average Bonchev–Trinajstić information content (AvgIpc) is 2.23. The smallest absolute Gasteiger partial charge is 0.129 e. The number of β-amino-alcohol motifs (C(OH)–C–C–N with tert-alkyl or cyclic N) is 1. The van der Waals surface area contributed by atoms with Gasteiger partial charge in [0, 0.05) is 12.1 Å². The highest BCUT2D eigenvalue weighted by Gasteiger charge is 2.33. The second-order valence-corrected chi connectivity index (χ2v) is 3.98. The molecule has 0 saturated carbocycles. The maximum absolute atomic E-state index is 13.5. The molecule has 0 radical (unpaired) electrons. The molecule has 0 bridgehead atoms. The Morgan fingerprint density at radius 2 is 2.20 bits per heavy atom. The number of benzene rings is 1. The van der Waals surface area contributed by atoms with Gasteiger partial charge in [0.25, 0.3) is 0 Å². The number of nitrogens with one attached hydrogen (secondary N) is 1. The van der Waals surface area contributed by atoms with Gasteiger partial charge in [-0.15, -0.1) is 0 Å². The molecule has 82 valence electrons. The molecular formula is C11H14FNO2. The van der Waals surface area contributed by atoms with Crippen LogP contribution in [0, 0.1) is 5.82 Å². The van der Waals surface area contributed by atoms with E-state index in [0.29, 0.717) is 13.0 Å². The molecule has 3 N–H and O–H groups in total. The Morgan fingerprint density at radius 3 is 2.87 bits per heavy atom. The molecule has 0 aromatic heterocycles. The van der Waals surface area contributed by atoms with Crippen molar-refractivity contribution in [2.45, 2.75) is 18.4 Å². The molecule has 3 nitrogen and oxygen atoms in total. The average molecular weight is 211 g/mol. The van der Waals surface area contributed by atoms with Crippen LogP contribution in [0.3, 0.4) is 0 Å². The molecule has 1 aromatic rings. The van der Waals surface area contributed by atoms with E-state index in [-0.39, 0.29) is 11.3 Å². The van der Waals surface area contributed by atoms with Crippen molar-refractivity contribution in [1.82, 2.24) is 5.32 Å². The van der Waals surface area contributed by atoms with Crippen molar-refractivity contribution >= 4 is 0 Å². The predicted molar refractivity (Wildman–Crippen MR) is 54.1 cm³/mol. The fourth-order valence-electron chi connectivity index (χ4n) is 1.99. The molecule has 1 fully saturated rings. The van der Waals surface area contributed by atoms with Gasteiger partial charge in [0.2, 0.25) is 0 Å². The van der Waals surface area contributed by atoms with Crippen LogP contribution < -0.4 is 5.32 Å².